The zero-order chi connectivity index (χ0) is 11.1. The summed E-state index contributed by atoms with van der Waals surface area (Å²) in [6.07, 6.45) is 0. The van der Waals surface area contributed by atoms with Gasteiger partial charge in [-0.05, 0) is 12.1 Å². The molecule has 0 radical (unpaired) electrons. The van der Waals surface area contributed by atoms with E-state index in [2.05, 4.69) is 27.7 Å². The zero-order valence-corrected chi connectivity index (χ0v) is 9.78. The number of para-hydroxylation sites is 2. The van der Waals surface area contributed by atoms with E-state index in [4.69, 9.17) is 9.47 Å². The van der Waals surface area contributed by atoms with Crippen molar-refractivity contribution < 1.29 is 9.47 Å². The second-order valence-electron chi connectivity index (χ2n) is 4.68. The van der Waals surface area contributed by atoms with Crippen LogP contribution >= 0.6 is 0 Å². The summed E-state index contributed by atoms with van der Waals surface area (Å²) in [5.74, 6) is 1.87. The smallest absolute Gasteiger partial charge is 0.256 e. The minimum Gasteiger partial charge on any atom is -0.448 e. The van der Waals surface area contributed by atoms with Gasteiger partial charge in [-0.15, -0.1) is 0 Å². The van der Waals surface area contributed by atoms with Crippen LogP contribution in [0.1, 0.15) is 27.7 Å². The fourth-order valence-electron chi connectivity index (χ4n) is 2.12. The first-order valence-corrected chi connectivity index (χ1v) is 5.53. The van der Waals surface area contributed by atoms with E-state index in [1.807, 2.05) is 24.3 Å². The van der Waals surface area contributed by atoms with E-state index in [9.17, 15) is 0 Å². The van der Waals surface area contributed by atoms with Gasteiger partial charge in [-0.25, -0.2) is 0 Å². The molecule has 15 heavy (non-hydrogen) atoms. The highest BCUT2D eigenvalue weighted by Crippen LogP contribution is 2.45. The topological polar surface area (TPSA) is 18.5 Å². The third-order valence-electron chi connectivity index (χ3n) is 3.00. The summed E-state index contributed by atoms with van der Waals surface area (Å²) >= 11 is 0. The second kappa shape index (κ2) is 3.44. The van der Waals surface area contributed by atoms with Gasteiger partial charge in [0.15, 0.2) is 11.5 Å². The fraction of sp³-hybridized carbons (Fsp3) is 0.538. The lowest BCUT2D eigenvalue weighted by Gasteiger charge is -2.35. The molecule has 0 aromatic heterocycles. The Labute approximate surface area is 91.2 Å². The third kappa shape index (κ3) is 1.48. The van der Waals surface area contributed by atoms with Crippen molar-refractivity contribution in [2.45, 2.75) is 33.5 Å². The van der Waals surface area contributed by atoms with Crippen molar-refractivity contribution in [3.8, 4) is 11.5 Å². The Hall–Kier alpha value is -1.18. The standard InChI is InChI=1S/C13H18O2/c1-9(2)13(10(3)4)14-11-7-5-6-8-12(11)15-13/h5-10H,1-4H3. The average Bonchev–Trinajstić information content (AvgIpc) is 2.57. The fourth-order valence-corrected chi connectivity index (χ4v) is 2.12. The van der Waals surface area contributed by atoms with Gasteiger partial charge in [0.25, 0.3) is 5.79 Å². The van der Waals surface area contributed by atoms with Crippen molar-refractivity contribution in [3.05, 3.63) is 24.3 Å². The molecule has 0 bridgehead atoms. The monoisotopic (exact) mass is 206 g/mol. The Morgan fingerprint density at radius 3 is 1.60 bits per heavy atom. The highest BCUT2D eigenvalue weighted by atomic mass is 16.7. The number of rotatable bonds is 2. The lowest BCUT2D eigenvalue weighted by atomic mass is 9.91. The summed E-state index contributed by atoms with van der Waals surface area (Å²) in [6.45, 7) is 8.52. The Balaban J connectivity index is 2.36. The van der Waals surface area contributed by atoms with E-state index >= 15 is 0 Å². The number of benzene rings is 1. The minimum atomic E-state index is -0.496. The summed E-state index contributed by atoms with van der Waals surface area (Å²) in [7, 11) is 0. The van der Waals surface area contributed by atoms with E-state index in [0.29, 0.717) is 11.8 Å². The normalized spacial score (nSPS) is 17.5. The molecule has 2 heteroatoms. The Bertz CT molecular complexity index is 320. The Morgan fingerprint density at radius 1 is 0.867 bits per heavy atom. The van der Waals surface area contributed by atoms with Gasteiger partial charge in [-0.3, -0.25) is 0 Å². The predicted octanol–water partition coefficient (Wildman–Crippen LogP) is 3.47. The van der Waals surface area contributed by atoms with Crippen LogP contribution < -0.4 is 9.47 Å². The molecule has 82 valence electrons. The van der Waals surface area contributed by atoms with E-state index in [0.717, 1.165) is 11.5 Å². The van der Waals surface area contributed by atoms with Crippen LogP contribution in [0.2, 0.25) is 0 Å². The summed E-state index contributed by atoms with van der Waals surface area (Å²) in [5, 5.41) is 0. The van der Waals surface area contributed by atoms with Crippen molar-refractivity contribution in [3.63, 3.8) is 0 Å². The van der Waals surface area contributed by atoms with Crippen LogP contribution in [-0.4, -0.2) is 5.79 Å². The summed E-state index contributed by atoms with van der Waals surface area (Å²) in [6, 6.07) is 7.86. The SMILES string of the molecule is CC(C)C1(C(C)C)Oc2ccccc2O1. The van der Waals surface area contributed by atoms with Crippen molar-refractivity contribution >= 4 is 0 Å². The highest BCUT2D eigenvalue weighted by Gasteiger charge is 2.47. The minimum absolute atomic E-state index is 0.324. The summed E-state index contributed by atoms with van der Waals surface area (Å²) in [5.41, 5.74) is 0. The number of ether oxygens (including phenoxy) is 2. The van der Waals surface area contributed by atoms with Gasteiger partial charge >= 0.3 is 0 Å². The van der Waals surface area contributed by atoms with Gasteiger partial charge in [0.2, 0.25) is 0 Å². The quantitative estimate of drug-likeness (QED) is 0.737. The zero-order valence-electron chi connectivity index (χ0n) is 9.78. The van der Waals surface area contributed by atoms with E-state index in [1.165, 1.54) is 0 Å². The molecule has 1 aliphatic rings. The first-order chi connectivity index (χ1) is 7.06. The molecule has 0 N–H and O–H groups in total. The molecule has 0 fully saturated rings. The third-order valence-corrected chi connectivity index (χ3v) is 3.00. The maximum absolute atomic E-state index is 6.00. The number of hydrogen-bond acceptors (Lipinski definition) is 2. The van der Waals surface area contributed by atoms with Crippen LogP contribution in [0.25, 0.3) is 0 Å². The van der Waals surface area contributed by atoms with Gasteiger partial charge in [-0.1, -0.05) is 39.8 Å². The van der Waals surface area contributed by atoms with Crippen LogP contribution in [0.3, 0.4) is 0 Å². The lowest BCUT2D eigenvalue weighted by molar-refractivity contribution is -0.150. The number of hydrogen-bond donors (Lipinski definition) is 0. The summed E-state index contributed by atoms with van der Waals surface area (Å²) < 4.78 is 12.0. The van der Waals surface area contributed by atoms with Gasteiger partial charge < -0.3 is 9.47 Å². The molecular weight excluding hydrogens is 188 g/mol. The van der Waals surface area contributed by atoms with Crippen molar-refractivity contribution in [2.24, 2.45) is 11.8 Å². The largest absolute Gasteiger partial charge is 0.448 e. The van der Waals surface area contributed by atoms with Crippen LogP contribution in [0.15, 0.2) is 24.3 Å². The maximum atomic E-state index is 6.00. The lowest BCUT2D eigenvalue weighted by Crippen LogP contribution is -2.48. The Kier molecular flexibility index (Phi) is 2.37. The molecule has 1 aliphatic heterocycles. The first kappa shape index (κ1) is 10.3. The van der Waals surface area contributed by atoms with Gasteiger partial charge in [0, 0.05) is 11.8 Å². The molecule has 1 heterocycles. The molecule has 0 atom stereocenters. The molecule has 2 rings (SSSR count). The maximum Gasteiger partial charge on any atom is 0.256 e. The first-order valence-electron chi connectivity index (χ1n) is 5.53. The second-order valence-corrected chi connectivity index (χ2v) is 4.68. The molecule has 0 saturated carbocycles. The molecule has 1 aromatic carbocycles. The average molecular weight is 206 g/mol. The molecule has 0 spiro atoms. The molecule has 0 amide bonds. The molecule has 1 aromatic rings. The van der Waals surface area contributed by atoms with E-state index in [-0.39, 0.29) is 0 Å². The molecule has 0 unspecified atom stereocenters. The van der Waals surface area contributed by atoms with Crippen molar-refractivity contribution in [2.75, 3.05) is 0 Å². The molecule has 0 saturated heterocycles. The van der Waals surface area contributed by atoms with Crippen LogP contribution in [0.4, 0.5) is 0 Å². The highest BCUT2D eigenvalue weighted by molar-refractivity contribution is 5.43. The van der Waals surface area contributed by atoms with Crippen molar-refractivity contribution in [1.82, 2.24) is 0 Å². The van der Waals surface area contributed by atoms with Gasteiger partial charge in [0.05, 0.1) is 0 Å². The van der Waals surface area contributed by atoms with Crippen molar-refractivity contribution in [1.29, 1.82) is 0 Å². The van der Waals surface area contributed by atoms with E-state index in [1.54, 1.807) is 0 Å². The van der Waals surface area contributed by atoms with Crippen LogP contribution in [-0.2, 0) is 0 Å². The predicted molar refractivity (Wildman–Crippen MR) is 60.1 cm³/mol. The molecule has 0 aliphatic carbocycles. The van der Waals surface area contributed by atoms with Crippen LogP contribution in [0, 0.1) is 11.8 Å². The molecule has 2 nitrogen and oxygen atoms in total. The van der Waals surface area contributed by atoms with Gasteiger partial charge in [0.1, 0.15) is 0 Å². The van der Waals surface area contributed by atoms with E-state index < -0.39 is 5.79 Å². The van der Waals surface area contributed by atoms with Crippen LogP contribution in [0.5, 0.6) is 11.5 Å². The Morgan fingerprint density at radius 2 is 1.27 bits per heavy atom. The number of fused-ring (bicyclic) bond motifs is 1. The van der Waals surface area contributed by atoms with Gasteiger partial charge in [-0.2, -0.15) is 0 Å². The summed E-state index contributed by atoms with van der Waals surface area (Å²) in [4.78, 5) is 0. The molecular formula is C13H18O2.